The third-order valence-corrected chi connectivity index (χ3v) is 8.64. The molecular weight excluding hydrogens is 420 g/mol. The molecule has 2 aromatic carbocycles. The van der Waals surface area contributed by atoms with Crippen LogP contribution in [-0.4, -0.2) is 13.2 Å². The number of aryl methyl sites for hydroxylation is 1. The van der Waals surface area contributed by atoms with E-state index in [-0.39, 0.29) is 25.5 Å². The lowest BCUT2D eigenvalue weighted by molar-refractivity contribution is 0.212. The Hall–Kier alpha value is -1.66. The lowest BCUT2D eigenvalue weighted by Gasteiger charge is -2.26. The Balaban J connectivity index is 2.17. The van der Waals surface area contributed by atoms with Crippen molar-refractivity contribution in [1.29, 1.82) is 0 Å². The molecule has 1 aromatic heterocycles. The van der Waals surface area contributed by atoms with Gasteiger partial charge in [0.15, 0.2) is 11.6 Å². The van der Waals surface area contributed by atoms with E-state index in [0.29, 0.717) is 26.1 Å². The Bertz CT molecular complexity index is 1060. The molecular formula is C21H22F3O3PS. The molecule has 3 nitrogen and oxygen atoms in total. The summed E-state index contributed by atoms with van der Waals surface area (Å²) in [5, 5.41) is 0.460. The minimum atomic E-state index is -3.67. The second-order valence-corrected chi connectivity index (χ2v) is 9.85. The summed E-state index contributed by atoms with van der Waals surface area (Å²) in [5.74, 6) is -2.30. The maximum atomic E-state index is 14.4. The summed E-state index contributed by atoms with van der Waals surface area (Å²) >= 11 is 1.31. The van der Waals surface area contributed by atoms with E-state index in [0.717, 1.165) is 12.1 Å². The average Bonchev–Trinajstić information content (AvgIpc) is 3.00. The molecule has 29 heavy (non-hydrogen) atoms. The summed E-state index contributed by atoms with van der Waals surface area (Å²) in [6.45, 7) is 5.49. The van der Waals surface area contributed by atoms with Crippen LogP contribution in [0.3, 0.4) is 0 Å². The summed E-state index contributed by atoms with van der Waals surface area (Å²) in [5.41, 5.74) is 0.324. The Labute approximate surface area is 172 Å². The van der Waals surface area contributed by atoms with Gasteiger partial charge in [0.2, 0.25) is 0 Å². The van der Waals surface area contributed by atoms with Crippen LogP contribution in [0.2, 0.25) is 0 Å². The highest BCUT2D eigenvalue weighted by Crippen LogP contribution is 2.64. The van der Waals surface area contributed by atoms with Crippen LogP contribution in [0.25, 0.3) is 10.1 Å². The molecule has 0 bridgehead atoms. The first-order chi connectivity index (χ1) is 13.8. The third-order valence-electron chi connectivity index (χ3n) is 4.66. The Morgan fingerprint density at radius 3 is 2.28 bits per heavy atom. The third kappa shape index (κ3) is 4.43. The van der Waals surface area contributed by atoms with Gasteiger partial charge in [0.05, 0.1) is 18.9 Å². The molecule has 1 atom stereocenters. The van der Waals surface area contributed by atoms with Crippen molar-refractivity contribution in [3.63, 3.8) is 0 Å². The number of benzene rings is 2. The molecule has 3 aromatic rings. The van der Waals surface area contributed by atoms with Gasteiger partial charge >= 0.3 is 7.60 Å². The Morgan fingerprint density at radius 2 is 1.69 bits per heavy atom. The summed E-state index contributed by atoms with van der Waals surface area (Å²) in [7, 11) is -3.67. The zero-order valence-electron chi connectivity index (χ0n) is 16.4. The van der Waals surface area contributed by atoms with E-state index >= 15 is 0 Å². The number of hydrogen-bond donors (Lipinski definition) is 0. The Morgan fingerprint density at radius 1 is 1.00 bits per heavy atom. The topological polar surface area (TPSA) is 35.5 Å². The predicted octanol–water partition coefficient (Wildman–Crippen LogP) is 7.18. The van der Waals surface area contributed by atoms with E-state index in [1.165, 1.54) is 23.5 Å². The van der Waals surface area contributed by atoms with E-state index in [1.807, 2.05) is 0 Å². The molecule has 0 saturated heterocycles. The number of hydrogen-bond acceptors (Lipinski definition) is 4. The van der Waals surface area contributed by atoms with Gasteiger partial charge in [-0.3, -0.25) is 4.57 Å². The van der Waals surface area contributed by atoms with Crippen molar-refractivity contribution in [3.05, 3.63) is 69.9 Å². The van der Waals surface area contributed by atoms with Crippen LogP contribution >= 0.6 is 18.9 Å². The van der Waals surface area contributed by atoms with Crippen molar-refractivity contribution in [2.24, 2.45) is 0 Å². The van der Waals surface area contributed by atoms with Gasteiger partial charge in [-0.1, -0.05) is 12.1 Å². The van der Waals surface area contributed by atoms with Crippen molar-refractivity contribution in [2.75, 3.05) is 13.2 Å². The fourth-order valence-electron chi connectivity index (χ4n) is 3.40. The van der Waals surface area contributed by atoms with E-state index in [2.05, 4.69) is 0 Å². The second kappa shape index (κ2) is 9.00. The van der Waals surface area contributed by atoms with Crippen LogP contribution in [-0.2, 0) is 20.0 Å². The fraction of sp³-hybridized carbons (Fsp3) is 0.333. The van der Waals surface area contributed by atoms with Gasteiger partial charge in [-0.2, -0.15) is 0 Å². The first kappa shape index (κ1) is 22.0. The van der Waals surface area contributed by atoms with Crippen LogP contribution in [0.15, 0.2) is 36.4 Å². The number of halogens is 3. The fourth-order valence-corrected chi connectivity index (χ4v) is 7.23. The largest absolute Gasteiger partial charge is 0.339 e. The minimum Gasteiger partial charge on any atom is -0.308 e. The summed E-state index contributed by atoms with van der Waals surface area (Å²) in [4.78, 5) is 0.653. The number of fused-ring (bicyclic) bond motifs is 1. The van der Waals surface area contributed by atoms with Gasteiger partial charge in [-0.15, -0.1) is 11.3 Å². The highest BCUT2D eigenvalue weighted by atomic mass is 32.1. The molecule has 3 rings (SSSR count). The molecule has 0 radical (unpaired) electrons. The van der Waals surface area contributed by atoms with E-state index in [1.54, 1.807) is 32.9 Å². The highest BCUT2D eigenvalue weighted by Gasteiger charge is 2.39. The first-order valence-electron chi connectivity index (χ1n) is 9.31. The number of rotatable bonds is 8. The van der Waals surface area contributed by atoms with Gasteiger partial charge in [0.25, 0.3) is 0 Å². The summed E-state index contributed by atoms with van der Waals surface area (Å²) in [6.07, 6.45) is 0.101. The molecule has 0 saturated carbocycles. The maximum Gasteiger partial charge on any atom is 0.339 e. The van der Waals surface area contributed by atoms with Crippen molar-refractivity contribution < 1.29 is 26.8 Å². The molecule has 0 aliphatic rings. The van der Waals surface area contributed by atoms with Crippen LogP contribution in [0, 0.1) is 24.4 Å². The Kier molecular flexibility index (Phi) is 6.84. The highest BCUT2D eigenvalue weighted by molar-refractivity contribution is 7.54. The van der Waals surface area contributed by atoms with Crippen LogP contribution in [0.1, 0.15) is 35.5 Å². The lowest BCUT2D eigenvalue weighted by atomic mass is 10.0. The number of thiophene rings is 1. The molecule has 156 valence electrons. The minimum absolute atomic E-state index is 0.101. The monoisotopic (exact) mass is 442 g/mol. The molecule has 0 aliphatic heterocycles. The molecule has 0 fully saturated rings. The first-order valence-corrected chi connectivity index (χ1v) is 11.7. The van der Waals surface area contributed by atoms with Gasteiger partial charge in [-0.25, -0.2) is 13.2 Å². The zero-order chi connectivity index (χ0) is 21.2. The van der Waals surface area contributed by atoms with E-state index in [4.69, 9.17) is 9.05 Å². The zero-order valence-corrected chi connectivity index (χ0v) is 18.1. The van der Waals surface area contributed by atoms with Crippen molar-refractivity contribution in [1.82, 2.24) is 0 Å². The quantitative estimate of drug-likeness (QED) is 0.347. The van der Waals surface area contributed by atoms with Crippen molar-refractivity contribution in [3.8, 4) is 0 Å². The summed E-state index contributed by atoms with van der Waals surface area (Å²) in [6, 6.07) is 8.34. The second-order valence-electron chi connectivity index (χ2n) is 6.55. The van der Waals surface area contributed by atoms with Gasteiger partial charge in [0.1, 0.15) is 5.82 Å². The van der Waals surface area contributed by atoms with Crippen LogP contribution in [0.5, 0.6) is 0 Å². The van der Waals surface area contributed by atoms with Crippen molar-refractivity contribution in [2.45, 2.75) is 32.9 Å². The van der Waals surface area contributed by atoms with E-state index in [9.17, 15) is 17.7 Å². The maximum absolute atomic E-state index is 14.4. The molecule has 0 spiro atoms. The molecule has 1 unspecified atom stereocenters. The molecule has 0 amide bonds. The molecule has 0 N–H and O–H groups in total. The molecule has 0 aliphatic carbocycles. The predicted molar refractivity (Wildman–Crippen MR) is 110 cm³/mol. The van der Waals surface area contributed by atoms with Gasteiger partial charge in [-0.05, 0) is 62.6 Å². The molecule has 1 heterocycles. The SMILES string of the molecule is CCOP(=O)(OCC)C(Cc1ccc(F)c(F)c1)c1sc2cccc(F)c2c1C. The van der Waals surface area contributed by atoms with Crippen molar-refractivity contribution >= 4 is 29.0 Å². The lowest BCUT2D eigenvalue weighted by Crippen LogP contribution is -2.10. The van der Waals surface area contributed by atoms with Gasteiger partial charge < -0.3 is 9.05 Å². The summed E-state index contributed by atoms with van der Waals surface area (Å²) < 4.78 is 67.1. The average molecular weight is 442 g/mol. The normalized spacial score (nSPS) is 13.2. The van der Waals surface area contributed by atoms with Crippen LogP contribution in [0.4, 0.5) is 13.2 Å². The van der Waals surface area contributed by atoms with Gasteiger partial charge in [0, 0.05) is 15.0 Å². The van der Waals surface area contributed by atoms with E-state index < -0.39 is 24.9 Å². The van der Waals surface area contributed by atoms with Crippen LogP contribution < -0.4 is 0 Å². The smallest absolute Gasteiger partial charge is 0.308 e. The standard InChI is InChI=1S/C21H22F3O3PS/c1-4-26-28(25,27-5-2)18(12-14-9-10-15(22)17(24)11-14)21-13(3)20-16(23)7-6-8-19(20)29-21/h6-11,18H,4-5,12H2,1-3H3. The molecule has 8 heteroatoms.